The van der Waals surface area contributed by atoms with Crippen LogP contribution in [0.5, 0.6) is 0 Å². The molecule has 1 aliphatic rings. The van der Waals surface area contributed by atoms with E-state index in [9.17, 15) is 22.8 Å². The lowest BCUT2D eigenvalue weighted by Gasteiger charge is -2.20. The molecule has 9 nitrogen and oxygen atoms in total. The first-order valence-corrected chi connectivity index (χ1v) is 11.6. The molecule has 1 aromatic carbocycles. The number of amides is 1. The van der Waals surface area contributed by atoms with Gasteiger partial charge in [0.05, 0.1) is 15.6 Å². The number of halogens is 1. The normalized spacial score (nSPS) is 15.1. The number of H-pyrrole nitrogens is 1. The molecule has 1 aliphatic heterocycles. The largest absolute Gasteiger partial charge is 0.452 e. The number of pyridine rings is 1. The van der Waals surface area contributed by atoms with Gasteiger partial charge in [-0.1, -0.05) is 24.4 Å². The molecule has 2 heterocycles. The Morgan fingerprint density at radius 3 is 2.52 bits per heavy atom. The Labute approximate surface area is 184 Å². The summed E-state index contributed by atoms with van der Waals surface area (Å²) in [7, 11) is -3.73. The molecule has 1 aromatic heterocycles. The number of nitrogens with one attached hydrogen (secondary N) is 2. The monoisotopic (exact) mass is 467 g/mol. The number of aromatic amines is 1. The van der Waals surface area contributed by atoms with Gasteiger partial charge in [-0.25, -0.2) is 13.2 Å². The number of ether oxygens (including phenoxy) is 1. The summed E-state index contributed by atoms with van der Waals surface area (Å²) in [6, 6.07) is 6.78. The molecule has 0 aliphatic carbocycles. The number of rotatable bonds is 6. The van der Waals surface area contributed by atoms with Crippen molar-refractivity contribution in [2.24, 2.45) is 0 Å². The van der Waals surface area contributed by atoms with Crippen LogP contribution in [0.4, 0.5) is 5.69 Å². The molecular weight excluding hydrogens is 446 g/mol. The molecule has 166 valence electrons. The van der Waals surface area contributed by atoms with Gasteiger partial charge < -0.3 is 15.0 Å². The first kappa shape index (κ1) is 23.0. The van der Waals surface area contributed by atoms with Gasteiger partial charge in [-0.15, -0.1) is 0 Å². The maximum atomic E-state index is 13.0. The van der Waals surface area contributed by atoms with Crippen molar-refractivity contribution in [3.63, 3.8) is 0 Å². The summed E-state index contributed by atoms with van der Waals surface area (Å²) in [5.74, 6) is -1.69. The van der Waals surface area contributed by atoms with Crippen LogP contribution in [-0.2, 0) is 19.6 Å². The van der Waals surface area contributed by atoms with Crippen LogP contribution < -0.4 is 10.9 Å². The Kier molecular flexibility index (Phi) is 7.47. The zero-order chi connectivity index (χ0) is 22.4. The van der Waals surface area contributed by atoms with Gasteiger partial charge in [0.15, 0.2) is 6.61 Å². The third kappa shape index (κ3) is 5.72. The minimum atomic E-state index is -3.73. The van der Waals surface area contributed by atoms with Gasteiger partial charge >= 0.3 is 5.97 Å². The van der Waals surface area contributed by atoms with E-state index in [2.05, 4.69) is 10.3 Å². The minimum absolute atomic E-state index is 0.0157. The Bertz CT molecular complexity index is 1120. The summed E-state index contributed by atoms with van der Waals surface area (Å²) < 4.78 is 32.2. The van der Waals surface area contributed by atoms with Crippen molar-refractivity contribution >= 4 is 39.2 Å². The fourth-order valence-corrected chi connectivity index (χ4v) is 4.88. The van der Waals surface area contributed by atoms with Crippen molar-refractivity contribution in [2.45, 2.75) is 30.6 Å². The van der Waals surface area contributed by atoms with Crippen molar-refractivity contribution in [2.75, 3.05) is 25.0 Å². The lowest BCUT2D eigenvalue weighted by Crippen LogP contribution is -2.32. The van der Waals surface area contributed by atoms with Crippen molar-refractivity contribution in [1.29, 1.82) is 0 Å². The van der Waals surface area contributed by atoms with E-state index < -0.39 is 34.1 Å². The summed E-state index contributed by atoms with van der Waals surface area (Å²) >= 11 is 6.11. The van der Waals surface area contributed by atoms with Crippen molar-refractivity contribution in [3.8, 4) is 0 Å². The fraction of sp³-hybridized carbons (Fsp3) is 0.350. The summed E-state index contributed by atoms with van der Waals surface area (Å²) in [5.41, 5.74) is -0.794. The smallest absolute Gasteiger partial charge is 0.344 e. The molecule has 1 amide bonds. The number of aromatic nitrogens is 1. The lowest BCUT2D eigenvalue weighted by molar-refractivity contribution is -0.119. The molecule has 0 saturated carbocycles. The van der Waals surface area contributed by atoms with Gasteiger partial charge in [0.2, 0.25) is 10.0 Å². The van der Waals surface area contributed by atoms with E-state index in [1.807, 2.05) is 0 Å². The number of carbonyl (C=O) groups excluding carboxylic acids is 2. The quantitative estimate of drug-likeness (QED) is 0.628. The highest BCUT2D eigenvalue weighted by molar-refractivity contribution is 7.89. The summed E-state index contributed by atoms with van der Waals surface area (Å²) in [5, 5.41) is 2.58. The van der Waals surface area contributed by atoms with Crippen molar-refractivity contribution in [3.05, 3.63) is 57.5 Å². The van der Waals surface area contributed by atoms with Crippen LogP contribution in [-0.4, -0.2) is 49.3 Å². The number of esters is 1. The summed E-state index contributed by atoms with van der Waals surface area (Å²) in [6.45, 7) is 0.217. The number of anilines is 1. The van der Waals surface area contributed by atoms with Gasteiger partial charge in [0.25, 0.3) is 11.5 Å². The van der Waals surface area contributed by atoms with Gasteiger partial charge in [-0.2, -0.15) is 4.31 Å². The SMILES string of the molecule is O=C(COC(=O)c1ccc[nH]c1=O)Nc1cc(S(=O)(=O)N2CCCCCC2)ccc1Cl. The van der Waals surface area contributed by atoms with Crippen LogP contribution in [0.2, 0.25) is 5.02 Å². The highest BCUT2D eigenvalue weighted by Gasteiger charge is 2.26. The average Bonchev–Trinajstić information content (AvgIpc) is 3.04. The zero-order valence-corrected chi connectivity index (χ0v) is 18.2. The summed E-state index contributed by atoms with van der Waals surface area (Å²) in [4.78, 5) is 38.1. The standard InChI is InChI=1S/C20H22ClN3O6S/c21-16-8-7-14(31(28,29)24-10-3-1-2-4-11-24)12-17(16)23-18(25)13-30-20(27)15-6-5-9-22-19(15)26/h5-9,12H,1-4,10-11,13H2,(H,22,26)(H,23,25). The molecule has 0 bridgehead atoms. The lowest BCUT2D eigenvalue weighted by atomic mass is 10.2. The molecule has 0 unspecified atom stereocenters. The Morgan fingerprint density at radius 2 is 1.84 bits per heavy atom. The molecule has 1 fully saturated rings. The maximum absolute atomic E-state index is 13.0. The van der Waals surface area contributed by atoms with E-state index in [0.717, 1.165) is 25.7 Å². The van der Waals surface area contributed by atoms with Crippen molar-refractivity contribution < 1.29 is 22.7 Å². The first-order chi connectivity index (χ1) is 14.8. The number of hydrogen-bond acceptors (Lipinski definition) is 6. The van der Waals surface area contributed by atoms with E-state index in [1.165, 1.54) is 40.8 Å². The van der Waals surface area contributed by atoms with Crippen LogP contribution in [0.1, 0.15) is 36.0 Å². The Balaban J connectivity index is 1.69. The molecule has 11 heteroatoms. The molecule has 2 aromatic rings. The second-order valence-corrected chi connectivity index (χ2v) is 9.34. The minimum Gasteiger partial charge on any atom is -0.452 e. The molecule has 31 heavy (non-hydrogen) atoms. The number of benzene rings is 1. The number of nitrogens with zero attached hydrogens (tertiary/aromatic N) is 1. The van der Waals surface area contributed by atoms with Crippen LogP contribution in [0.15, 0.2) is 46.2 Å². The summed E-state index contributed by atoms with van der Waals surface area (Å²) in [6.07, 6.45) is 4.93. The third-order valence-corrected chi connectivity index (χ3v) is 7.01. The van der Waals surface area contributed by atoms with Gasteiger partial charge in [0, 0.05) is 19.3 Å². The van der Waals surface area contributed by atoms with E-state index in [1.54, 1.807) is 0 Å². The highest BCUT2D eigenvalue weighted by Crippen LogP contribution is 2.28. The zero-order valence-electron chi connectivity index (χ0n) is 16.6. The Hall–Kier alpha value is -2.69. The van der Waals surface area contributed by atoms with E-state index in [-0.39, 0.29) is 21.2 Å². The fourth-order valence-electron chi connectivity index (χ4n) is 3.17. The van der Waals surface area contributed by atoms with Crippen LogP contribution in [0, 0.1) is 0 Å². The highest BCUT2D eigenvalue weighted by atomic mass is 35.5. The Morgan fingerprint density at radius 1 is 1.13 bits per heavy atom. The molecule has 2 N–H and O–H groups in total. The van der Waals surface area contributed by atoms with Gasteiger partial charge in [-0.3, -0.25) is 9.59 Å². The second kappa shape index (κ2) is 10.1. The van der Waals surface area contributed by atoms with Gasteiger partial charge in [0.1, 0.15) is 5.56 Å². The molecule has 1 saturated heterocycles. The maximum Gasteiger partial charge on any atom is 0.344 e. The molecule has 3 rings (SSSR count). The first-order valence-electron chi connectivity index (χ1n) is 9.73. The van der Waals surface area contributed by atoms with Crippen molar-refractivity contribution in [1.82, 2.24) is 9.29 Å². The van der Waals surface area contributed by atoms with E-state index >= 15 is 0 Å². The molecular formula is C20H22ClN3O6S. The number of sulfonamides is 1. The van der Waals surface area contributed by atoms with Gasteiger partial charge in [-0.05, 0) is 43.2 Å². The molecule has 0 spiro atoms. The van der Waals surface area contributed by atoms with Crippen LogP contribution >= 0.6 is 11.6 Å². The molecule has 0 radical (unpaired) electrons. The molecule has 0 atom stereocenters. The predicted octanol–water partition coefficient (Wildman–Crippen LogP) is 2.39. The third-order valence-electron chi connectivity index (χ3n) is 4.79. The van der Waals surface area contributed by atoms with E-state index in [0.29, 0.717) is 13.1 Å². The predicted molar refractivity (Wildman–Crippen MR) is 115 cm³/mol. The number of hydrogen-bond donors (Lipinski definition) is 2. The van der Waals surface area contributed by atoms with Crippen LogP contribution in [0.3, 0.4) is 0 Å². The topological polar surface area (TPSA) is 126 Å². The number of carbonyl (C=O) groups is 2. The average molecular weight is 468 g/mol. The van der Waals surface area contributed by atoms with E-state index in [4.69, 9.17) is 16.3 Å². The van der Waals surface area contributed by atoms with Crippen LogP contribution in [0.25, 0.3) is 0 Å². The second-order valence-electron chi connectivity index (χ2n) is 7.00.